The highest BCUT2D eigenvalue weighted by Gasteiger charge is 2.16. The summed E-state index contributed by atoms with van der Waals surface area (Å²) in [5, 5.41) is 4.45. The van der Waals surface area contributed by atoms with E-state index in [2.05, 4.69) is 10.3 Å². The molecule has 0 aliphatic rings. The standard InChI is InChI=1S/C25H15Cl3N2O3/c1-13-2-3-14(10-19(13)28)21-8-9-23(32-21)24(31)29-16-5-7-22-20(12-16)30-25(33-22)17-11-15(26)4-6-18(17)27/h2-12H,1H3,(H,29,31). The second-order valence-electron chi connectivity index (χ2n) is 7.41. The van der Waals surface area contributed by atoms with Gasteiger partial charge in [-0.1, -0.05) is 46.9 Å². The largest absolute Gasteiger partial charge is 0.451 e. The van der Waals surface area contributed by atoms with Gasteiger partial charge in [-0.2, -0.15) is 0 Å². The highest BCUT2D eigenvalue weighted by Crippen LogP contribution is 2.33. The van der Waals surface area contributed by atoms with Gasteiger partial charge >= 0.3 is 0 Å². The molecule has 3 aromatic carbocycles. The molecule has 0 aliphatic heterocycles. The summed E-state index contributed by atoms with van der Waals surface area (Å²) in [4.78, 5) is 17.2. The number of benzene rings is 3. The lowest BCUT2D eigenvalue weighted by Gasteiger charge is -2.03. The van der Waals surface area contributed by atoms with Crippen molar-refractivity contribution in [1.29, 1.82) is 0 Å². The van der Waals surface area contributed by atoms with Crippen LogP contribution in [0, 0.1) is 6.92 Å². The van der Waals surface area contributed by atoms with Crippen molar-refractivity contribution in [1.82, 2.24) is 4.98 Å². The number of carbonyl (C=O) groups excluding carboxylic acids is 1. The number of oxazole rings is 1. The number of halogens is 3. The summed E-state index contributed by atoms with van der Waals surface area (Å²) in [6.45, 7) is 1.92. The summed E-state index contributed by atoms with van der Waals surface area (Å²) in [5.74, 6) is 0.680. The van der Waals surface area contributed by atoms with Crippen LogP contribution in [0.3, 0.4) is 0 Å². The van der Waals surface area contributed by atoms with E-state index in [1.165, 1.54) is 0 Å². The van der Waals surface area contributed by atoms with Crippen molar-refractivity contribution >= 4 is 57.5 Å². The van der Waals surface area contributed by atoms with Crippen molar-refractivity contribution in [2.45, 2.75) is 6.92 Å². The monoisotopic (exact) mass is 496 g/mol. The Balaban J connectivity index is 1.38. The van der Waals surface area contributed by atoms with Crippen molar-refractivity contribution in [3.8, 4) is 22.8 Å². The van der Waals surface area contributed by atoms with Gasteiger partial charge < -0.3 is 14.2 Å². The fourth-order valence-corrected chi connectivity index (χ4v) is 3.89. The van der Waals surface area contributed by atoms with E-state index in [0.29, 0.717) is 49.1 Å². The molecule has 0 spiro atoms. The Bertz CT molecular complexity index is 1520. The van der Waals surface area contributed by atoms with Crippen molar-refractivity contribution in [2.75, 3.05) is 5.32 Å². The molecule has 1 amide bonds. The molecule has 5 rings (SSSR count). The molecule has 33 heavy (non-hydrogen) atoms. The van der Waals surface area contributed by atoms with Gasteiger partial charge in [0.15, 0.2) is 11.3 Å². The number of fused-ring (bicyclic) bond motifs is 1. The molecule has 5 nitrogen and oxygen atoms in total. The van der Waals surface area contributed by atoms with Crippen LogP contribution in [0.15, 0.2) is 75.6 Å². The number of hydrogen-bond donors (Lipinski definition) is 1. The molecular weight excluding hydrogens is 483 g/mol. The van der Waals surface area contributed by atoms with Gasteiger partial charge in [0.05, 0.1) is 10.6 Å². The molecule has 1 N–H and O–H groups in total. The van der Waals surface area contributed by atoms with Gasteiger partial charge in [0.2, 0.25) is 5.89 Å². The molecule has 164 valence electrons. The fourth-order valence-electron chi connectivity index (χ4n) is 3.34. The van der Waals surface area contributed by atoms with E-state index < -0.39 is 0 Å². The van der Waals surface area contributed by atoms with Crippen molar-refractivity contribution < 1.29 is 13.6 Å². The molecule has 5 aromatic rings. The lowest BCUT2D eigenvalue weighted by Crippen LogP contribution is -2.10. The second-order valence-corrected chi connectivity index (χ2v) is 8.66. The van der Waals surface area contributed by atoms with E-state index in [0.717, 1.165) is 11.1 Å². The van der Waals surface area contributed by atoms with Gasteiger partial charge in [-0.05, 0) is 67.1 Å². The Kier molecular flexibility index (Phi) is 5.62. The minimum Gasteiger partial charge on any atom is -0.451 e. The maximum absolute atomic E-state index is 12.7. The van der Waals surface area contributed by atoms with Crippen LogP contribution >= 0.6 is 34.8 Å². The SMILES string of the molecule is Cc1ccc(-c2ccc(C(=O)Nc3ccc4oc(-c5cc(Cl)ccc5Cl)nc4c3)o2)cc1Cl. The topological polar surface area (TPSA) is 68.3 Å². The summed E-state index contributed by atoms with van der Waals surface area (Å²) >= 11 is 18.5. The van der Waals surface area contributed by atoms with E-state index in [1.807, 2.05) is 19.1 Å². The molecule has 2 heterocycles. The predicted octanol–water partition coefficient (Wildman–Crippen LogP) is 8.28. The van der Waals surface area contributed by atoms with Crippen LogP contribution in [0.1, 0.15) is 16.1 Å². The molecule has 0 radical (unpaired) electrons. The Morgan fingerprint density at radius 2 is 1.73 bits per heavy atom. The van der Waals surface area contributed by atoms with Gasteiger partial charge in [-0.25, -0.2) is 4.98 Å². The maximum Gasteiger partial charge on any atom is 0.291 e. The van der Waals surface area contributed by atoms with Crippen LogP contribution in [0.4, 0.5) is 5.69 Å². The molecule has 0 saturated carbocycles. The number of carbonyl (C=O) groups is 1. The number of hydrogen-bond acceptors (Lipinski definition) is 4. The van der Waals surface area contributed by atoms with E-state index in [1.54, 1.807) is 54.6 Å². The number of rotatable bonds is 4. The molecule has 0 atom stereocenters. The van der Waals surface area contributed by atoms with Gasteiger partial charge in [-0.3, -0.25) is 4.79 Å². The highest BCUT2D eigenvalue weighted by atomic mass is 35.5. The zero-order valence-corrected chi connectivity index (χ0v) is 19.4. The third kappa shape index (κ3) is 4.35. The Morgan fingerprint density at radius 1 is 0.879 bits per heavy atom. The van der Waals surface area contributed by atoms with Gasteiger partial charge in [0.25, 0.3) is 5.91 Å². The van der Waals surface area contributed by atoms with Crippen LogP contribution in [0.5, 0.6) is 0 Å². The molecule has 0 unspecified atom stereocenters. The minimum atomic E-state index is -0.389. The Labute approximate surface area is 203 Å². The summed E-state index contributed by atoms with van der Waals surface area (Å²) in [6, 6.07) is 19.2. The fraction of sp³-hybridized carbons (Fsp3) is 0.0400. The first kappa shape index (κ1) is 21.6. The number of furan rings is 1. The van der Waals surface area contributed by atoms with Gasteiger partial charge in [0.1, 0.15) is 11.3 Å². The van der Waals surface area contributed by atoms with E-state index in [-0.39, 0.29) is 11.7 Å². The maximum atomic E-state index is 12.7. The lowest BCUT2D eigenvalue weighted by molar-refractivity contribution is 0.0997. The lowest BCUT2D eigenvalue weighted by atomic mass is 10.1. The number of anilines is 1. The number of aromatic nitrogens is 1. The first-order valence-electron chi connectivity index (χ1n) is 9.91. The normalized spacial score (nSPS) is 11.2. The molecule has 2 aromatic heterocycles. The van der Waals surface area contributed by atoms with Crippen LogP contribution in [0.25, 0.3) is 33.9 Å². The zero-order chi connectivity index (χ0) is 23.1. The second kappa shape index (κ2) is 8.60. The quantitative estimate of drug-likeness (QED) is 0.271. The summed E-state index contributed by atoms with van der Waals surface area (Å²) in [7, 11) is 0. The smallest absolute Gasteiger partial charge is 0.291 e. The van der Waals surface area contributed by atoms with Crippen LogP contribution in [-0.2, 0) is 0 Å². The third-order valence-corrected chi connectivity index (χ3v) is 6.06. The van der Waals surface area contributed by atoms with Crippen LogP contribution < -0.4 is 5.32 Å². The van der Waals surface area contributed by atoms with E-state index >= 15 is 0 Å². The van der Waals surface area contributed by atoms with Crippen molar-refractivity contribution in [2.24, 2.45) is 0 Å². The molecule has 0 bridgehead atoms. The van der Waals surface area contributed by atoms with E-state index in [4.69, 9.17) is 43.6 Å². The van der Waals surface area contributed by atoms with E-state index in [9.17, 15) is 4.79 Å². The molecule has 0 fully saturated rings. The first-order chi connectivity index (χ1) is 15.9. The number of nitrogens with one attached hydrogen (secondary N) is 1. The van der Waals surface area contributed by atoms with Crippen LogP contribution in [-0.4, -0.2) is 10.9 Å². The van der Waals surface area contributed by atoms with Crippen molar-refractivity contribution in [3.63, 3.8) is 0 Å². The number of aryl methyl sites for hydroxylation is 1. The molecule has 8 heteroatoms. The van der Waals surface area contributed by atoms with Gasteiger partial charge in [0, 0.05) is 21.3 Å². The average Bonchev–Trinajstić information content (AvgIpc) is 3.44. The molecule has 0 saturated heterocycles. The van der Waals surface area contributed by atoms with Crippen LogP contribution in [0.2, 0.25) is 15.1 Å². The zero-order valence-electron chi connectivity index (χ0n) is 17.2. The Morgan fingerprint density at radius 3 is 2.55 bits per heavy atom. The van der Waals surface area contributed by atoms with Crippen molar-refractivity contribution in [3.05, 3.63) is 93.1 Å². The minimum absolute atomic E-state index is 0.174. The first-order valence-corrected chi connectivity index (χ1v) is 11.0. The number of amides is 1. The number of nitrogens with zero attached hydrogens (tertiary/aromatic N) is 1. The van der Waals surface area contributed by atoms with Gasteiger partial charge in [-0.15, -0.1) is 0 Å². The summed E-state index contributed by atoms with van der Waals surface area (Å²) < 4.78 is 11.5. The Hall–Kier alpha value is -3.25. The predicted molar refractivity (Wildman–Crippen MR) is 131 cm³/mol. The average molecular weight is 498 g/mol. The third-order valence-electron chi connectivity index (χ3n) is 5.09. The molecule has 0 aliphatic carbocycles. The summed E-state index contributed by atoms with van der Waals surface area (Å²) in [5.41, 5.74) is 4.00. The highest BCUT2D eigenvalue weighted by molar-refractivity contribution is 6.35. The molecular formula is C25H15Cl3N2O3. The summed E-state index contributed by atoms with van der Waals surface area (Å²) in [6.07, 6.45) is 0.